The molecule has 0 atom stereocenters. The lowest BCUT2D eigenvalue weighted by atomic mass is 10.1. The van der Waals surface area contributed by atoms with Gasteiger partial charge in [-0.1, -0.05) is 6.07 Å². The van der Waals surface area contributed by atoms with Crippen LogP contribution in [0.3, 0.4) is 0 Å². The predicted octanol–water partition coefficient (Wildman–Crippen LogP) is 3.00. The van der Waals surface area contributed by atoms with Crippen LogP contribution >= 0.6 is 0 Å². The molecule has 0 aromatic heterocycles. The van der Waals surface area contributed by atoms with E-state index in [0.717, 1.165) is 18.4 Å². The Kier molecular flexibility index (Phi) is 2.43. The van der Waals surface area contributed by atoms with E-state index < -0.39 is 11.6 Å². The average Bonchev–Trinajstić information content (AvgIpc) is 2.77. The van der Waals surface area contributed by atoms with Crippen molar-refractivity contribution in [2.75, 3.05) is 0 Å². The van der Waals surface area contributed by atoms with Gasteiger partial charge in [-0.05, 0) is 36.5 Å². The van der Waals surface area contributed by atoms with Crippen LogP contribution in [-0.4, -0.2) is 0 Å². The summed E-state index contributed by atoms with van der Waals surface area (Å²) in [4.78, 5) is 0. The molecule has 1 saturated carbocycles. The van der Waals surface area contributed by atoms with Crippen molar-refractivity contribution in [1.82, 2.24) is 6.15 Å². The van der Waals surface area contributed by atoms with Crippen LogP contribution in [0.5, 0.6) is 0 Å². The Morgan fingerprint density at radius 3 is 2.25 bits per heavy atom. The fourth-order valence-electron chi connectivity index (χ4n) is 1.18. The van der Waals surface area contributed by atoms with Crippen LogP contribution < -0.4 is 6.15 Å². The van der Waals surface area contributed by atoms with Gasteiger partial charge in [0.15, 0.2) is 11.6 Å². The lowest BCUT2D eigenvalue weighted by Crippen LogP contribution is -1.86. The van der Waals surface area contributed by atoms with Crippen LogP contribution in [0.25, 0.3) is 0 Å². The zero-order valence-electron chi connectivity index (χ0n) is 6.69. The monoisotopic (exact) mass is 171 g/mol. The molecule has 1 aromatic carbocycles. The van der Waals surface area contributed by atoms with Gasteiger partial charge in [-0.25, -0.2) is 8.78 Å². The second-order valence-electron chi connectivity index (χ2n) is 2.95. The lowest BCUT2D eigenvalue weighted by molar-refractivity contribution is 0.507. The molecule has 2 rings (SSSR count). The maximum atomic E-state index is 12.6. The smallest absolute Gasteiger partial charge is 0.159 e. The van der Waals surface area contributed by atoms with Gasteiger partial charge in [0.1, 0.15) is 0 Å². The van der Waals surface area contributed by atoms with Crippen molar-refractivity contribution >= 4 is 0 Å². The zero-order chi connectivity index (χ0) is 7.84. The van der Waals surface area contributed by atoms with E-state index in [0.29, 0.717) is 5.92 Å². The summed E-state index contributed by atoms with van der Waals surface area (Å²) in [6.07, 6.45) is 2.23. The fourth-order valence-corrected chi connectivity index (χ4v) is 1.18. The maximum Gasteiger partial charge on any atom is 0.159 e. The molecule has 3 heteroatoms. The molecule has 0 unspecified atom stereocenters. The Balaban J connectivity index is 0.000000720. The largest absolute Gasteiger partial charge is 0.344 e. The van der Waals surface area contributed by atoms with E-state index in [-0.39, 0.29) is 6.15 Å². The second kappa shape index (κ2) is 3.19. The molecule has 1 aliphatic carbocycles. The molecule has 66 valence electrons. The lowest BCUT2D eigenvalue weighted by Gasteiger charge is -1.97. The maximum absolute atomic E-state index is 12.6. The van der Waals surface area contributed by atoms with E-state index in [9.17, 15) is 8.78 Å². The van der Waals surface area contributed by atoms with Crippen molar-refractivity contribution in [2.24, 2.45) is 0 Å². The van der Waals surface area contributed by atoms with E-state index >= 15 is 0 Å². The third-order valence-electron chi connectivity index (χ3n) is 1.99. The molecule has 0 radical (unpaired) electrons. The van der Waals surface area contributed by atoms with Gasteiger partial charge in [-0.15, -0.1) is 0 Å². The first-order valence-electron chi connectivity index (χ1n) is 3.72. The van der Waals surface area contributed by atoms with Gasteiger partial charge >= 0.3 is 0 Å². The molecule has 12 heavy (non-hydrogen) atoms. The SMILES string of the molecule is Fc1ccc(C2CC2)cc1F.N. The normalized spacial score (nSPS) is 15.5. The Hall–Kier alpha value is -0.960. The Bertz CT molecular complexity index is 282. The quantitative estimate of drug-likeness (QED) is 0.692. The fraction of sp³-hybridized carbons (Fsp3) is 0.333. The minimum Gasteiger partial charge on any atom is -0.344 e. The van der Waals surface area contributed by atoms with Gasteiger partial charge in [0, 0.05) is 0 Å². The van der Waals surface area contributed by atoms with Gasteiger partial charge in [-0.3, -0.25) is 0 Å². The summed E-state index contributed by atoms with van der Waals surface area (Å²) in [5.41, 5.74) is 0.934. The molecular formula is C9H11F2N. The number of hydrogen-bond acceptors (Lipinski definition) is 1. The molecule has 0 heterocycles. The average molecular weight is 171 g/mol. The second-order valence-corrected chi connectivity index (χ2v) is 2.95. The van der Waals surface area contributed by atoms with E-state index in [1.807, 2.05) is 0 Å². The first-order valence-corrected chi connectivity index (χ1v) is 3.72. The van der Waals surface area contributed by atoms with Crippen LogP contribution in [0.1, 0.15) is 24.3 Å². The molecule has 0 bridgehead atoms. The molecule has 3 N–H and O–H groups in total. The third-order valence-corrected chi connectivity index (χ3v) is 1.99. The van der Waals surface area contributed by atoms with Crippen LogP contribution in [0, 0.1) is 11.6 Å². The first kappa shape index (κ1) is 9.13. The Morgan fingerprint density at radius 1 is 1.08 bits per heavy atom. The molecule has 1 aromatic rings. The molecule has 1 nitrogen and oxygen atoms in total. The summed E-state index contributed by atoms with van der Waals surface area (Å²) < 4.78 is 25.0. The summed E-state index contributed by atoms with van der Waals surface area (Å²) in [6.45, 7) is 0. The molecule has 1 fully saturated rings. The van der Waals surface area contributed by atoms with E-state index in [4.69, 9.17) is 0 Å². The number of halogens is 2. The highest BCUT2D eigenvalue weighted by Crippen LogP contribution is 2.40. The summed E-state index contributed by atoms with van der Waals surface area (Å²) in [6, 6.07) is 4.16. The van der Waals surface area contributed by atoms with E-state index in [1.54, 1.807) is 6.07 Å². The summed E-state index contributed by atoms with van der Waals surface area (Å²) in [7, 11) is 0. The van der Waals surface area contributed by atoms with Crippen molar-refractivity contribution in [2.45, 2.75) is 18.8 Å². The van der Waals surface area contributed by atoms with Crippen molar-refractivity contribution in [1.29, 1.82) is 0 Å². The first-order chi connectivity index (χ1) is 5.27. The van der Waals surface area contributed by atoms with E-state index in [2.05, 4.69) is 0 Å². The minimum atomic E-state index is -0.755. The summed E-state index contributed by atoms with van der Waals surface area (Å²) in [5.74, 6) is -0.992. The Morgan fingerprint density at radius 2 is 1.75 bits per heavy atom. The van der Waals surface area contributed by atoms with Crippen molar-refractivity contribution in [3.63, 3.8) is 0 Å². The highest BCUT2D eigenvalue weighted by molar-refractivity contribution is 5.24. The molecule has 1 aliphatic rings. The summed E-state index contributed by atoms with van der Waals surface area (Å²) in [5, 5.41) is 0. The third kappa shape index (κ3) is 1.61. The number of benzene rings is 1. The highest BCUT2D eigenvalue weighted by atomic mass is 19.2. The number of hydrogen-bond donors (Lipinski definition) is 1. The van der Waals surface area contributed by atoms with Gasteiger partial charge in [0.05, 0.1) is 0 Å². The molecule has 0 amide bonds. The highest BCUT2D eigenvalue weighted by Gasteiger charge is 2.24. The summed E-state index contributed by atoms with van der Waals surface area (Å²) >= 11 is 0. The van der Waals surface area contributed by atoms with E-state index in [1.165, 1.54) is 12.1 Å². The predicted molar refractivity (Wildman–Crippen MR) is 43.4 cm³/mol. The standard InChI is InChI=1S/C9H8F2.H3N/c10-8-4-3-7(5-9(8)11)6-1-2-6;/h3-6H,1-2H2;1H3. The number of rotatable bonds is 1. The van der Waals surface area contributed by atoms with Gasteiger partial charge in [0.2, 0.25) is 0 Å². The topological polar surface area (TPSA) is 35.0 Å². The van der Waals surface area contributed by atoms with Crippen molar-refractivity contribution in [3.05, 3.63) is 35.4 Å². The molecule has 0 aliphatic heterocycles. The molecule has 0 spiro atoms. The van der Waals surface area contributed by atoms with Gasteiger partial charge in [-0.2, -0.15) is 0 Å². The van der Waals surface area contributed by atoms with Crippen molar-refractivity contribution in [3.8, 4) is 0 Å². The molecular weight excluding hydrogens is 160 g/mol. The molecule has 0 saturated heterocycles. The van der Waals surface area contributed by atoms with Crippen LogP contribution in [0.2, 0.25) is 0 Å². The van der Waals surface area contributed by atoms with Crippen LogP contribution in [-0.2, 0) is 0 Å². The van der Waals surface area contributed by atoms with Crippen LogP contribution in [0.15, 0.2) is 18.2 Å². The van der Waals surface area contributed by atoms with Crippen LogP contribution in [0.4, 0.5) is 8.78 Å². The van der Waals surface area contributed by atoms with Crippen molar-refractivity contribution < 1.29 is 8.78 Å². The van der Waals surface area contributed by atoms with Gasteiger partial charge < -0.3 is 6.15 Å². The zero-order valence-corrected chi connectivity index (χ0v) is 6.69. The Labute approximate surface area is 70.0 Å². The minimum absolute atomic E-state index is 0. The van der Waals surface area contributed by atoms with Gasteiger partial charge in [0.25, 0.3) is 0 Å².